The van der Waals surface area contributed by atoms with E-state index < -0.39 is 0 Å². The van der Waals surface area contributed by atoms with Crippen LogP contribution < -0.4 is 4.74 Å². The van der Waals surface area contributed by atoms with Gasteiger partial charge in [0.1, 0.15) is 5.75 Å². The van der Waals surface area contributed by atoms with Gasteiger partial charge < -0.3 is 9.47 Å². The normalized spacial score (nSPS) is 12.6. The van der Waals surface area contributed by atoms with Crippen LogP contribution in [0.15, 0.2) is 30.3 Å². The molecule has 0 aliphatic heterocycles. The molecule has 1 aromatic carbocycles. The van der Waals surface area contributed by atoms with Crippen LogP contribution in [0.4, 0.5) is 0 Å². The molecule has 3 heteroatoms. The monoisotopic (exact) mass is 304 g/mol. The van der Waals surface area contributed by atoms with Crippen molar-refractivity contribution < 1.29 is 14.3 Å². The molecule has 0 aliphatic rings. The Morgan fingerprint density at radius 2 is 1.86 bits per heavy atom. The average Bonchev–Trinajstić information content (AvgIpc) is 2.49. The molecule has 0 heterocycles. The predicted molar refractivity (Wildman–Crippen MR) is 90.8 cm³/mol. The van der Waals surface area contributed by atoms with Gasteiger partial charge in [0.2, 0.25) is 0 Å². The molecular formula is C19H28O3. The van der Waals surface area contributed by atoms with Gasteiger partial charge in [0, 0.05) is 6.08 Å². The standard InChI is InChI=1S/C19H28O3/c1-15(2)14-16(3)6-5-13-22-18-10-7-17(8-11-18)9-12-19(20)21-4/h7-12,15-16H,5-6,13-14H2,1-4H3/b12-9+. The van der Waals surface area contributed by atoms with Crippen LogP contribution in [0.2, 0.25) is 0 Å². The van der Waals surface area contributed by atoms with Crippen LogP contribution in [0.5, 0.6) is 5.75 Å². The number of carbonyl (C=O) groups is 1. The van der Waals surface area contributed by atoms with E-state index in [-0.39, 0.29) is 5.97 Å². The second-order valence-corrected chi connectivity index (χ2v) is 6.15. The Kier molecular flexibility index (Phi) is 8.34. The van der Waals surface area contributed by atoms with E-state index >= 15 is 0 Å². The third-order valence-electron chi connectivity index (χ3n) is 3.48. The van der Waals surface area contributed by atoms with E-state index in [1.165, 1.54) is 26.0 Å². The quantitative estimate of drug-likeness (QED) is 0.376. The maximum atomic E-state index is 11.0. The summed E-state index contributed by atoms with van der Waals surface area (Å²) in [5, 5.41) is 0. The van der Waals surface area contributed by atoms with Crippen LogP contribution in [0, 0.1) is 11.8 Å². The Morgan fingerprint density at radius 3 is 2.45 bits per heavy atom. The van der Waals surface area contributed by atoms with E-state index in [1.54, 1.807) is 6.08 Å². The minimum Gasteiger partial charge on any atom is -0.494 e. The lowest BCUT2D eigenvalue weighted by Crippen LogP contribution is -2.04. The fraction of sp³-hybridized carbons (Fsp3) is 0.526. The maximum absolute atomic E-state index is 11.0. The van der Waals surface area contributed by atoms with Gasteiger partial charge in [-0.1, -0.05) is 32.9 Å². The topological polar surface area (TPSA) is 35.5 Å². The molecule has 1 atom stereocenters. The van der Waals surface area contributed by atoms with E-state index in [0.717, 1.165) is 36.2 Å². The number of benzene rings is 1. The first-order valence-electron chi connectivity index (χ1n) is 8.00. The fourth-order valence-corrected chi connectivity index (χ4v) is 2.45. The third-order valence-corrected chi connectivity index (χ3v) is 3.48. The molecule has 0 bridgehead atoms. The summed E-state index contributed by atoms with van der Waals surface area (Å²) in [6.45, 7) is 7.59. The highest BCUT2D eigenvalue weighted by molar-refractivity contribution is 5.86. The van der Waals surface area contributed by atoms with Gasteiger partial charge in [-0.3, -0.25) is 0 Å². The summed E-state index contributed by atoms with van der Waals surface area (Å²) in [6.07, 6.45) is 6.70. The lowest BCUT2D eigenvalue weighted by Gasteiger charge is -2.14. The maximum Gasteiger partial charge on any atom is 0.330 e. The third kappa shape index (κ3) is 7.87. The second kappa shape index (κ2) is 10.0. The predicted octanol–water partition coefficient (Wildman–Crippen LogP) is 4.71. The summed E-state index contributed by atoms with van der Waals surface area (Å²) in [6, 6.07) is 7.70. The number of esters is 1. The summed E-state index contributed by atoms with van der Waals surface area (Å²) >= 11 is 0. The second-order valence-electron chi connectivity index (χ2n) is 6.15. The molecule has 0 saturated carbocycles. The zero-order valence-corrected chi connectivity index (χ0v) is 14.2. The van der Waals surface area contributed by atoms with Crippen LogP contribution in [-0.2, 0) is 9.53 Å². The Balaban J connectivity index is 2.30. The number of ether oxygens (including phenoxy) is 2. The van der Waals surface area contributed by atoms with Gasteiger partial charge in [0.15, 0.2) is 0 Å². The summed E-state index contributed by atoms with van der Waals surface area (Å²) in [5.41, 5.74) is 0.948. The van der Waals surface area contributed by atoms with Crippen LogP contribution >= 0.6 is 0 Å². The van der Waals surface area contributed by atoms with Crippen molar-refractivity contribution >= 4 is 12.0 Å². The van der Waals surface area contributed by atoms with E-state index in [0.29, 0.717) is 0 Å². The lowest BCUT2D eigenvalue weighted by atomic mass is 9.95. The van der Waals surface area contributed by atoms with Crippen molar-refractivity contribution in [2.45, 2.75) is 40.0 Å². The largest absolute Gasteiger partial charge is 0.494 e. The Hall–Kier alpha value is -1.77. The van der Waals surface area contributed by atoms with E-state index in [9.17, 15) is 4.79 Å². The highest BCUT2D eigenvalue weighted by atomic mass is 16.5. The van der Waals surface area contributed by atoms with Crippen molar-refractivity contribution in [1.82, 2.24) is 0 Å². The van der Waals surface area contributed by atoms with Gasteiger partial charge in [0.25, 0.3) is 0 Å². The number of hydrogen-bond donors (Lipinski definition) is 0. The van der Waals surface area contributed by atoms with Crippen LogP contribution in [-0.4, -0.2) is 19.7 Å². The van der Waals surface area contributed by atoms with Crippen molar-refractivity contribution in [2.24, 2.45) is 11.8 Å². The average molecular weight is 304 g/mol. The first-order chi connectivity index (χ1) is 10.5. The lowest BCUT2D eigenvalue weighted by molar-refractivity contribution is -0.134. The van der Waals surface area contributed by atoms with Gasteiger partial charge in [-0.25, -0.2) is 4.79 Å². The summed E-state index contributed by atoms with van der Waals surface area (Å²) < 4.78 is 10.3. The van der Waals surface area contributed by atoms with Crippen molar-refractivity contribution in [3.05, 3.63) is 35.9 Å². The molecule has 0 aromatic heterocycles. The van der Waals surface area contributed by atoms with Gasteiger partial charge in [-0.15, -0.1) is 0 Å². The Labute approximate surface area is 134 Å². The molecule has 1 unspecified atom stereocenters. The first kappa shape index (κ1) is 18.3. The van der Waals surface area contributed by atoms with Crippen LogP contribution in [0.1, 0.15) is 45.6 Å². The Morgan fingerprint density at radius 1 is 1.18 bits per heavy atom. The number of methoxy groups -OCH3 is 1. The van der Waals surface area contributed by atoms with Crippen molar-refractivity contribution in [3.63, 3.8) is 0 Å². The molecule has 3 nitrogen and oxygen atoms in total. The first-order valence-corrected chi connectivity index (χ1v) is 8.00. The molecule has 0 N–H and O–H groups in total. The van der Waals surface area contributed by atoms with E-state index in [4.69, 9.17) is 4.74 Å². The summed E-state index contributed by atoms with van der Waals surface area (Å²) in [7, 11) is 1.37. The molecule has 1 aromatic rings. The molecule has 1 rings (SSSR count). The van der Waals surface area contributed by atoms with Gasteiger partial charge in [-0.2, -0.15) is 0 Å². The zero-order chi connectivity index (χ0) is 16.4. The molecule has 0 saturated heterocycles. The molecule has 0 aliphatic carbocycles. The fourth-order valence-electron chi connectivity index (χ4n) is 2.45. The summed E-state index contributed by atoms with van der Waals surface area (Å²) in [4.78, 5) is 11.0. The zero-order valence-electron chi connectivity index (χ0n) is 14.2. The van der Waals surface area contributed by atoms with E-state index in [1.807, 2.05) is 24.3 Å². The molecule has 0 spiro atoms. The molecule has 0 radical (unpaired) electrons. The van der Waals surface area contributed by atoms with E-state index in [2.05, 4.69) is 25.5 Å². The molecule has 122 valence electrons. The van der Waals surface area contributed by atoms with Crippen LogP contribution in [0.25, 0.3) is 6.08 Å². The number of rotatable bonds is 9. The van der Waals surface area contributed by atoms with Crippen molar-refractivity contribution in [2.75, 3.05) is 13.7 Å². The Bertz CT molecular complexity index is 460. The summed E-state index contributed by atoms with van der Waals surface area (Å²) in [5.74, 6) is 2.04. The smallest absolute Gasteiger partial charge is 0.330 e. The van der Waals surface area contributed by atoms with Gasteiger partial charge >= 0.3 is 5.97 Å². The van der Waals surface area contributed by atoms with Crippen molar-refractivity contribution in [3.8, 4) is 5.75 Å². The number of hydrogen-bond acceptors (Lipinski definition) is 3. The molecule has 0 amide bonds. The SMILES string of the molecule is COC(=O)/C=C/c1ccc(OCCCC(C)CC(C)C)cc1. The molecule has 0 fully saturated rings. The molecular weight excluding hydrogens is 276 g/mol. The minimum atomic E-state index is -0.351. The highest BCUT2D eigenvalue weighted by Crippen LogP contribution is 2.17. The number of carbonyl (C=O) groups excluding carboxylic acids is 1. The van der Waals surface area contributed by atoms with Crippen molar-refractivity contribution in [1.29, 1.82) is 0 Å². The van der Waals surface area contributed by atoms with Crippen LogP contribution in [0.3, 0.4) is 0 Å². The highest BCUT2D eigenvalue weighted by Gasteiger charge is 2.05. The minimum absolute atomic E-state index is 0.351. The van der Waals surface area contributed by atoms with Gasteiger partial charge in [0.05, 0.1) is 13.7 Å². The van der Waals surface area contributed by atoms with Gasteiger partial charge in [-0.05, 0) is 54.9 Å². The molecule has 22 heavy (non-hydrogen) atoms.